The molecule has 4 rings (SSSR count). The number of nitrogens with zero attached hydrogens (tertiary/aromatic N) is 1. The Bertz CT molecular complexity index is 1180. The maximum atomic E-state index is 14.4. The molecular weight excluding hydrogens is 448 g/mol. The molecule has 0 aliphatic heterocycles. The van der Waals surface area contributed by atoms with E-state index in [1.165, 1.54) is 3.97 Å². The number of fused-ring (bicyclic) bond motifs is 1. The van der Waals surface area contributed by atoms with Crippen LogP contribution in [0.25, 0.3) is 22.2 Å². The largest absolute Gasteiger partial charge is 0.361 e. The third kappa shape index (κ3) is 3.43. The SMILES string of the molecule is CNCc1cc(-c2ccc3[nH]ccc3c2)n(S(=O)c2c(F)cc(F)cc2Br)c1. The monoisotopic (exact) mass is 463 g/mol. The summed E-state index contributed by atoms with van der Waals surface area (Å²) in [5, 5.41) is 4.07. The molecule has 2 N–H and O–H groups in total. The first kappa shape index (κ1) is 19.0. The maximum absolute atomic E-state index is 14.4. The fraction of sp³-hybridized carbons (Fsp3) is 0.100. The number of aromatic amines is 1. The minimum Gasteiger partial charge on any atom is -0.361 e. The average molecular weight is 464 g/mol. The van der Waals surface area contributed by atoms with Crippen molar-refractivity contribution in [1.82, 2.24) is 14.3 Å². The van der Waals surface area contributed by atoms with Crippen LogP contribution in [0.1, 0.15) is 5.56 Å². The molecule has 0 saturated carbocycles. The van der Waals surface area contributed by atoms with E-state index in [2.05, 4.69) is 26.2 Å². The van der Waals surface area contributed by atoms with Crippen LogP contribution in [0.5, 0.6) is 0 Å². The molecule has 28 heavy (non-hydrogen) atoms. The molecule has 1 atom stereocenters. The fourth-order valence-electron chi connectivity index (χ4n) is 3.15. The van der Waals surface area contributed by atoms with Crippen LogP contribution >= 0.6 is 15.9 Å². The number of aromatic nitrogens is 2. The van der Waals surface area contributed by atoms with Gasteiger partial charge in [-0.25, -0.2) is 13.0 Å². The van der Waals surface area contributed by atoms with E-state index in [4.69, 9.17) is 0 Å². The van der Waals surface area contributed by atoms with E-state index in [9.17, 15) is 13.0 Å². The minimum atomic E-state index is -1.90. The van der Waals surface area contributed by atoms with Gasteiger partial charge < -0.3 is 10.3 Å². The Morgan fingerprint density at radius 3 is 2.75 bits per heavy atom. The van der Waals surface area contributed by atoms with Crippen LogP contribution in [-0.2, 0) is 17.5 Å². The van der Waals surface area contributed by atoms with E-state index in [0.29, 0.717) is 12.2 Å². The summed E-state index contributed by atoms with van der Waals surface area (Å²) in [5.41, 5.74) is 3.42. The third-order valence-electron chi connectivity index (χ3n) is 4.39. The number of halogens is 3. The number of benzene rings is 2. The lowest BCUT2D eigenvalue weighted by atomic mass is 10.1. The van der Waals surface area contributed by atoms with Gasteiger partial charge in [0.2, 0.25) is 0 Å². The van der Waals surface area contributed by atoms with E-state index in [1.54, 1.807) is 6.20 Å². The van der Waals surface area contributed by atoms with Crippen LogP contribution in [0, 0.1) is 11.6 Å². The van der Waals surface area contributed by atoms with Crippen LogP contribution in [0.15, 0.2) is 64.2 Å². The van der Waals surface area contributed by atoms with Gasteiger partial charge >= 0.3 is 0 Å². The molecule has 8 heteroatoms. The Labute approximate surface area is 171 Å². The molecule has 0 fully saturated rings. The molecule has 0 radical (unpaired) electrons. The highest BCUT2D eigenvalue weighted by atomic mass is 79.9. The molecule has 144 valence electrons. The predicted octanol–water partition coefficient (Wildman–Crippen LogP) is 4.97. The maximum Gasteiger partial charge on any atom is 0.161 e. The van der Waals surface area contributed by atoms with Gasteiger partial charge in [0.25, 0.3) is 0 Å². The second-order valence-electron chi connectivity index (χ2n) is 6.32. The molecule has 0 spiro atoms. The lowest BCUT2D eigenvalue weighted by molar-refractivity contribution is 0.559. The summed E-state index contributed by atoms with van der Waals surface area (Å²) in [5.74, 6) is -1.59. The van der Waals surface area contributed by atoms with E-state index in [0.717, 1.165) is 34.2 Å². The summed E-state index contributed by atoms with van der Waals surface area (Å²) in [6.07, 6.45) is 3.57. The summed E-state index contributed by atoms with van der Waals surface area (Å²) in [7, 11) is -0.0891. The second-order valence-corrected chi connectivity index (χ2v) is 8.47. The Balaban J connectivity index is 1.87. The van der Waals surface area contributed by atoms with Crippen LogP contribution in [0.2, 0.25) is 0 Å². The van der Waals surface area contributed by atoms with Crippen LogP contribution in [0.4, 0.5) is 8.78 Å². The average Bonchev–Trinajstić information content (AvgIpc) is 3.27. The van der Waals surface area contributed by atoms with Gasteiger partial charge in [0.15, 0.2) is 11.0 Å². The van der Waals surface area contributed by atoms with Gasteiger partial charge in [0.1, 0.15) is 16.5 Å². The molecule has 0 amide bonds. The summed E-state index contributed by atoms with van der Waals surface area (Å²) < 4.78 is 42.8. The summed E-state index contributed by atoms with van der Waals surface area (Å²) in [6.45, 7) is 0.566. The van der Waals surface area contributed by atoms with Crippen molar-refractivity contribution in [2.45, 2.75) is 11.4 Å². The van der Waals surface area contributed by atoms with Crippen LogP contribution in [0.3, 0.4) is 0 Å². The molecular formula is C20H16BrF2N3OS. The summed E-state index contributed by atoms with van der Waals surface area (Å²) in [4.78, 5) is 3.04. The normalized spacial score (nSPS) is 12.6. The Morgan fingerprint density at radius 2 is 2.00 bits per heavy atom. The van der Waals surface area contributed by atoms with Gasteiger partial charge in [-0.05, 0) is 64.4 Å². The van der Waals surface area contributed by atoms with E-state index in [-0.39, 0.29) is 9.37 Å². The number of hydrogen-bond acceptors (Lipinski definition) is 2. The molecule has 2 aromatic carbocycles. The number of hydrogen-bond donors (Lipinski definition) is 2. The van der Waals surface area contributed by atoms with Crippen molar-refractivity contribution in [3.8, 4) is 11.3 Å². The lowest BCUT2D eigenvalue weighted by Gasteiger charge is -2.11. The van der Waals surface area contributed by atoms with Crippen LogP contribution in [-0.4, -0.2) is 20.2 Å². The van der Waals surface area contributed by atoms with Crippen molar-refractivity contribution in [3.63, 3.8) is 0 Å². The minimum absolute atomic E-state index is 0.100. The van der Waals surface area contributed by atoms with E-state index >= 15 is 0 Å². The van der Waals surface area contributed by atoms with Crippen molar-refractivity contribution >= 4 is 37.8 Å². The van der Waals surface area contributed by atoms with Gasteiger partial charge in [0, 0.05) is 40.4 Å². The van der Waals surface area contributed by atoms with Crippen molar-refractivity contribution in [2.24, 2.45) is 0 Å². The Morgan fingerprint density at radius 1 is 1.18 bits per heavy atom. The fourth-order valence-corrected chi connectivity index (χ4v) is 5.19. The van der Waals surface area contributed by atoms with Crippen molar-refractivity contribution in [1.29, 1.82) is 0 Å². The molecule has 2 aromatic heterocycles. The summed E-state index contributed by atoms with van der Waals surface area (Å²) in [6, 6.07) is 11.6. The molecule has 2 heterocycles. The second kappa shape index (κ2) is 7.62. The van der Waals surface area contributed by atoms with Crippen molar-refractivity contribution in [3.05, 3.63) is 76.5 Å². The smallest absolute Gasteiger partial charge is 0.161 e. The third-order valence-corrected chi connectivity index (χ3v) is 6.70. The number of H-pyrrole nitrogens is 1. The Hall–Kier alpha value is -2.29. The van der Waals surface area contributed by atoms with Gasteiger partial charge in [0.05, 0.1) is 5.69 Å². The van der Waals surface area contributed by atoms with Crippen LogP contribution < -0.4 is 5.32 Å². The molecule has 0 aliphatic carbocycles. The van der Waals surface area contributed by atoms with E-state index < -0.39 is 22.6 Å². The molecule has 0 bridgehead atoms. The first-order chi connectivity index (χ1) is 13.5. The summed E-state index contributed by atoms with van der Waals surface area (Å²) >= 11 is 3.14. The van der Waals surface area contributed by atoms with E-state index in [1.807, 2.05) is 43.6 Å². The number of nitrogens with one attached hydrogen (secondary N) is 2. The van der Waals surface area contributed by atoms with Crippen molar-refractivity contribution in [2.75, 3.05) is 7.05 Å². The number of rotatable bonds is 5. The molecule has 1 unspecified atom stereocenters. The van der Waals surface area contributed by atoms with Gasteiger partial charge in [-0.15, -0.1) is 0 Å². The quantitative estimate of drug-likeness (QED) is 0.439. The standard InChI is InChI=1S/C20H16BrF2N3OS/c1-24-10-12-6-19(14-2-3-18-13(7-14)4-5-25-18)26(11-12)28(27)20-16(21)8-15(22)9-17(20)23/h2-9,11,24-25H,10H2,1H3. The predicted molar refractivity (Wildman–Crippen MR) is 110 cm³/mol. The first-order valence-corrected chi connectivity index (χ1v) is 10.4. The lowest BCUT2D eigenvalue weighted by Crippen LogP contribution is -2.09. The van der Waals surface area contributed by atoms with Gasteiger partial charge in [-0.2, -0.15) is 0 Å². The zero-order chi connectivity index (χ0) is 19.8. The van der Waals surface area contributed by atoms with Gasteiger partial charge in [-0.3, -0.25) is 3.97 Å². The Kier molecular flexibility index (Phi) is 5.18. The highest BCUT2D eigenvalue weighted by molar-refractivity contribution is 9.10. The molecule has 4 aromatic rings. The van der Waals surface area contributed by atoms with Crippen molar-refractivity contribution < 1.29 is 13.0 Å². The molecule has 0 aliphatic rings. The first-order valence-electron chi connectivity index (χ1n) is 8.48. The molecule has 0 saturated heterocycles. The topological polar surface area (TPSA) is 49.8 Å². The zero-order valence-electron chi connectivity index (χ0n) is 14.8. The highest BCUT2D eigenvalue weighted by Gasteiger charge is 2.21. The van der Waals surface area contributed by atoms with Gasteiger partial charge in [-0.1, -0.05) is 6.07 Å². The zero-order valence-corrected chi connectivity index (χ0v) is 17.2. The highest BCUT2D eigenvalue weighted by Crippen LogP contribution is 2.31. The molecule has 4 nitrogen and oxygen atoms in total.